The number of carboxylic acid groups (broad SMARTS) is 1. The number of rotatable bonds is 3. The molecular formula is C14H13NO4. The molecule has 1 aromatic heterocycles. The second kappa shape index (κ2) is 4.12. The monoisotopic (exact) mass is 259 g/mol. The van der Waals surface area contributed by atoms with Crippen molar-refractivity contribution in [1.82, 2.24) is 4.57 Å². The van der Waals surface area contributed by atoms with E-state index in [1.165, 1.54) is 11.7 Å². The molecule has 0 atom stereocenters. The Bertz CT molecular complexity index is 728. The van der Waals surface area contributed by atoms with Crippen molar-refractivity contribution in [2.45, 2.75) is 18.9 Å². The third kappa shape index (κ3) is 1.87. The van der Waals surface area contributed by atoms with Gasteiger partial charge in [0.05, 0.1) is 7.11 Å². The Labute approximate surface area is 109 Å². The van der Waals surface area contributed by atoms with E-state index in [1.54, 1.807) is 24.3 Å². The molecule has 98 valence electrons. The van der Waals surface area contributed by atoms with Crippen LogP contribution >= 0.6 is 0 Å². The lowest BCUT2D eigenvalue weighted by Crippen LogP contribution is -2.25. The highest BCUT2D eigenvalue weighted by Gasteiger charge is 2.29. The molecule has 1 heterocycles. The number of aromatic nitrogens is 1. The maximum atomic E-state index is 12.4. The van der Waals surface area contributed by atoms with Crippen LogP contribution in [0.3, 0.4) is 0 Å². The Balaban J connectivity index is 2.35. The lowest BCUT2D eigenvalue weighted by atomic mass is 10.1. The van der Waals surface area contributed by atoms with Crippen LogP contribution in [-0.4, -0.2) is 22.8 Å². The van der Waals surface area contributed by atoms with E-state index in [2.05, 4.69) is 0 Å². The molecule has 0 radical (unpaired) electrons. The minimum atomic E-state index is -1.08. The first-order chi connectivity index (χ1) is 9.11. The van der Waals surface area contributed by atoms with Crippen LogP contribution in [0.5, 0.6) is 5.75 Å². The highest BCUT2D eigenvalue weighted by Crippen LogP contribution is 2.35. The second-order valence-electron chi connectivity index (χ2n) is 4.69. The number of hydrogen-bond donors (Lipinski definition) is 1. The van der Waals surface area contributed by atoms with E-state index in [0.29, 0.717) is 16.5 Å². The van der Waals surface area contributed by atoms with Gasteiger partial charge in [-0.05, 0) is 42.5 Å². The predicted octanol–water partition coefficient (Wildman–Crippen LogP) is 2.04. The van der Waals surface area contributed by atoms with Crippen LogP contribution in [-0.2, 0) is 0 Å². The Kier molecular flexibility index (Phi) is 2.55. The van der Waals surface area contributed by atoms with Gasteiger partial charge in [-0.3, -0.25) is 9.36 Å². The molecule has 1 aliphatic rings. The summed E-state index contributed by atoms with van der Waals surface area (Å²) in [6.45, 7) is 0. The molecule has 5 heteroatoms. The molecule has 0 aliphatic heterocycles. The number of carbonyl (C=O) groups is 1. The minimum absolute atomic E-state index is 0.0325. The van der Waals surface area contributed by atoms with Gasteiger partial charge in [-0.1, -0.05) is 0 Å². The van der Waals surface area contributed by atoms with Crippen molar-refractivity contribution in [3.05, 3.63) is 40.3 Å². The lowest BCUT2D eigenvalue weighted by molar-refractivity contribution is 0.0683. The standard InChI is InChI=1S/C14H13NO4/c1-19-10-4-5-11-8(6-10)7-12(14(17)18)15(13(11)16)9-2-3-9/h4-7,9H,2-3H2,1H3,(H,17,18). The summed E-state index contributed by atoms with van der Waals surface area (Å²) in [4.78, 5) is 23.7. The Hall–Kier alpha value is -2.30. The van der Waals surface area contributed by atoms with E-state index in [4.69, 9.17) is 4.74 Å². The van der Waals surface area contributed by atoms with Crippen molar-refractivity contribution in [2.24, 2.45) is 0 Å². The molecule has 1 fully saturated rings. The van der Waals surface area contributed by atoms with Gasteiger partial charge in [0.25, 0.3) is 5.56 Å². The lowest BCUT2D eigenvalue weighted by Gasteiger charge is -2.11. The zero-order valence-electron chi connectivity index (χ0n) is 10.4. The summed E-state index contributed by atoms with van der Waals surface area (Å²) >= 11 is 0. The number of fused-ring (bicyclic) bond motifs is 1. The fraction of sp³-hybridized carbons (Fsp3) is 0.286. The molecule has 1 N–H and O–H groups in total. The van der Waals surface area contributed by atoms with E-state index in [9.17, 15) is 14.7 Å². The van der Waals surface area contributed by atoms with E-state index < -0.39 is 5.97 Å². The number of carboxylic acids is 1. The van der Waals surface area contributed by atoms with Gasteiger partial charge in [0.1, 0.15) is 11.4 Å². The van der Waals surface area contributed by atoms with Crippen LogP contribution in [0.4, 0.5) is 0 Å². The summed E-state index contributed by atoms with van der Waals surface area (Å²) < 4.78 is 6.50. The van der Waals surface area contributed by atoms with Crippen LogP contribution in [0, 0.1) is 0 Å². The summed E-state index contributed by atoms with van der Waals surface area (Å²) in [7, 11) is 1.53. The zero-order valence-corrected chi connectivity index (χ0v) is 10.4. The van der Waals surface area contributed by atoms with Gasteiger partial charge in [0.15, 0.2) is 0 Å². The fourth-order valence-electron chi connectivity index (χ4n) is 2.30. The quantitative estimate of drug-likeness (QED) is 0.915. The summed E-state index contributed by atoms with van der Waals surface area (Å²) in [5, 5.41) is 10.4. The molecule has 0 amide bonds. The number of hydrogen-bond acceptors (Lipinski definition) is 3. The average molecular weight is 259 g/mol. The Morgan fingerprint density at radius 2 is 2.11 bits per heavy atom. The molecule has 2 aromatic rings. The Morgan fingerprint density at radius 1 is 1.37 bits per heavy atom. The molecule has 1 aliphatic carbocycles. The first kappa shape index (κ1) is 11.8. The third-order valence-electron chi connectivity index (χ3n) is 3.39. The SMILES string of the molecule is COc1ccc2c(=O)n(C3CC3)c(C(=O)O)cc2c1. The summed E-state index contributed by atoms with van der Waals surface area (Å²) in [5.74, 6) is -0.471. The number of pyridine rings is 1. The maximum Gasteiger partial charge on any atom is 0.352 e. The fourth-order valence-corrected chi connectivity index (χ4v) is 2.30. The van der Waals surface area contributed by atoms with Crippen molar-refractivity contribution in [3.8, 4) is 5.75 Å². The molecule has 1 aromatic carbocycles. The van der Waals surface area contributed by atoms with Crippen molar-refractivity contribution in [2.75, 3.05) is 7.11 Å². The van der Waals surface area contributed by atoms with E-state index in [-0.39, 0.29) is 17.3 Å². The van der Waals surface area contributed by atoms with Gasteiger partial charge in [0.2, 0.25) is 0 Å². The number of nitrogens with zero attached hydrogens (tertiary/aromatic N) is 1. The van der Waals surface area contributed by atoms with Crippen LogP contribution in [0.15, 0.2) is 29.1 Å². The minimum Gasteiger partial charge on any atom is -0.497 e. The van der Waals surface area contributed by atoms with Crippen LogP contribution < -0.4 is 10.3 Å². The van der Waals surface area contributed by atoms with Crippen molar-refractivity contribution in [1.29, 1.82) is 0 Å². The zero-order chi connectivity index (χ0) is 13.6. The molecule has 0 unspecified atom stereocenters. The summed E-state index contributed by atoms with van der Waals surface area (Å²) in [6, 6.07) is 6.65. The molecular weight excluding hydrogens is 246 g/mol. The van der Waals surface area contributed by atoms with Gasteiger partial charge < -0.3 is 9.84 Å². The number of ether oxygens (including phenoxy) is 1. The van der Waals surface area contributed by atoms with Crippen molar-refractivity contribution >= 4 is 16.7 Å². The van der Waals surface area contributed by atoms with E-state index in [1.807, 2.05) is 0 Å². The van der Waals surface area contributed by atoms with Gasteiger partial charge in [-0.2, -0.15) is 0 Å². The highest BCUT2D eigenvalue weighted by atomic mass is 16.5. The van der Waals surface area contributed by atoms with Crippen molar-refractivity contribution in [3.63, 3.8) is 0 Å². The van der Waals surface area contributed by atoms with Crippen LogP contribution in [0.25, 0.3) is 10.8 Å². The number of aromatic carboxylic acids is 1. The van der Waals surface area contributed by atoms with E-state index >= 15 is 0 Å². The van der Waals surface area contributed by atoms with Gasteiger partial charge >= 0.3 is 5.97 Å². The van der Waals surface area contributed by atoms with E-state index in [0.717, 1.165) is 12.8 Å². The van der Waals surface area contributed by atoms with Crippen molar-refractivity contribution < 1.29 is 14.6 Å². The first-order valence-electron chi connectivity index (χ1n) is 6.08. The molecule has 19 heavy (non-hydrogen) atoms. The Morgan fingerprint density at radius 3 is 2.68 bits per heavy atom. The molecule has 3 rings (SSSR count). The summed E-state index contributed by atoms with van der Waals surface area (Å²) in [6.07, 6.45) is 1.73. The largest absolute Gasteiger partial charge is 0.497 e. The smallest absolute Gasteiger partial charge is 0.352 e. The predicted molar refractivity (Wildman–Crippen MR) is 70.0 cm³/mol. The summed E-state index contributed by atoms with van der Waals surface area (Å²) in [5.41, 5.74) is -0.187. The van der Waals surface area contributed by atoms with Gasteiger partial charge in [-0.25, -0.2) is 4.79 Å². The maximum absolute atomic E-state index is 12.4. The average Bonchev–Trinajstić information content (AvgIpc) is 3.22. The number of benzene rings is 1. The van der Waals surface area contributed by atoms with Gasteiger partial charge in [0, 0.05) is 11.4 Å². The molecule has 0 saturated heterocycles. The second-order valence-corrected chi connectivity index (χ2v) is 4.69. The first-order valence-corrected chi connectivity index (χ1v) is 6.08. The topological polar surface area (TPSA) is 68.5 Å². The third-order valence-corrected chi connectivity index (χ3v) is 3.39. The molecule has 5 nitrogen and oxygen atoms in total. The molecule has 1 saturated carbocycles. The normalized spacial score (nSPS) is 14.6. The molecule has 0 spiro atoms. The number of methoxy groups -OCH3 is 1. The molecule has 0 bridgehead atoms. The van der Waals surface area contributed by atoms with Crippen LogP contribution in [0.2, 0.25) is 0 Å². The van der Waals surface area contributed by atoms with Crippen LogP contribution in [0.1, 0.15) is 29.4 Å². The van der Waals surface area contributed by atoms with Gasteiger partial charge in [-0.15, -0.1) is 0 Å². The highest BCUT2D eigenvalue weighted by molar-refractivity contribution is 5.92.